The maximum atomic E-state index is 12.5. The first-order chi connectivity index (χ1) is 11.3. The molecule has 2 N–H and O–H groups in total. The number of aromatic nitrogens is 1. The van der Waals surface area contributed by atoms with Crippen LogP contribution < -0.4 is 10.6 Å². The molecule has 9 heteroatoms. The van der Waals surface area contributed by atoms with Gasteiger partial charge >= 0.3 is 6.18 Å². The minimum absolute atomic E-state index is 0.223. The number of nitrogens with zero attached hydrogens (tertiary/aromatic N) is 2. The smallest absolute Gasteiger partial charge is 0.373 e. The van der Waals surface area contributed by atoms with Crippen molar-refractivity contribution in [3.8, 4) is 0 Å². The first-order valence-electron chi connectivity index (χ1n) is 8.00. The molecule has 1 fully saturated rings. The molecule has 136 valence electrons. The van der Waals surface area contributed by atoms with E-state index in [1.807, 2.05) is 13.8 Å². The molecule has 1 atom stereocenters. The van der Waals surface area contributed by atoms with Crippen molar-refractivity contribution in [3.05, 3.63) is 16.1 Å². The zero-order chi connectivity index (χ0) is 17.6. The molecule has 1 aliphatic rings. The second-order valence-electron chi connectivity index (χ2n) is 5.90. The van der Waals surface area contributed by atoms with Gasteiger partial charge in [0.1, 0.15) is 0 Å². The van der Waals surface area contributed by atoms with Crippen molar-refractivity contribution in [2.24, 2.45) is 4.99 Å². The Morgan fingerprint density at radius 1 is 1.46 bits per heavy atom. The third-order valence-corrected chi connectivity index (χ3v) is 4.60. The molecule has 0 aliphatic carbocycles. The number of nitrogens with one attached hydrogen (secondary N) is 2. The summed E-state index contributed by atoms with van der Waals surface area (Å²) in [7, 11) is 0. The van der Waals surface area contributed by atoms with E-state index in [0.717, 1.165) is 36.2 Å². The summed E-state index contributed by atoms with van der Waals surface area (Å²) >= 11 is 1.02. The maximum Gasteiger partial charge on any atom is 0.434 e. The fraction of sp³-hybridized carbons (Fsp3) is 0.733. The number of aliphatic imine (C=N–C) groups is 1. The predicted molar refractivity (Wildman–Crippen MR) is 88.4 cm³/mol. The van der Waals surface area contributed by atoms with Crippen LogP contribution in [-0.2, 0) is 17.3 Å². The Labute approximate surface area is 143 Å². The molecule has 1 unspecified atom stereocenters. The van der Waals surface area contributed by atoms with E-state index in [2.05, 4.69) is 20.6 Å². The third-order valence-electron chi connectivity index (χ3n) is 3.69. The Bertz CT molecular complexity index is 553. The predicted octanol–water partition coefficient (Wildman–Crippen LogP) is 2.83. The zero-order valence-electron chi connectivity index (χ0n) is 13.9. The van der Waals surface area contributed by atoms with Crippen molar-refractivity contribution in [1.29, 1.82) is 0 Å². The summed E-state index contributed by atoms with van der Waals surface area (Å²) in [5, 5.41) is 7.76. The van der Waals surface area contributed by atoms with Crippen LogP contribution in [0.1, 0.15) is 37.4 Å². The summed E-state index contributed by atoms with van der Waals surface area (Å²) in [6.45, 7) is 6.50. The number of hydrogen-bond acceptors (Lipinski definition) is 4. The molecule has 0 radical (unpaired) electrons. The fourth-order valence-electron chi connectivity index (χ4n) is 2.39. The van der Waals surface area contributed by atoms with Crippen LogP contribution in [0, 0.1) is 0 Å². The molecule has 1 aromatic heterocycles. The first-order valence-corrected chi connectivity index (χ1v) is 8.88. The number of rotatable bonds is 6. The van der Waals surface area contributed by atoms with E-state index < -0.39 is 11.9 Å². The maximum absolute atomic E-state index is 12.5. The molecule has 0 amide bonds. The van der Waals surface area contributed by atoms with E-state index in [1.165, 1.54) is 0 Å². The average Bonchev–Trinajstić information content (AvgIpc) is 3.14. The lowest BCUT2D eigenvalue weighted by atomic mass is 10.0. The van der Waals surface area contributed by atoms with E-state index in [9.17, 15) is 13.2 Å². The molecule has 0 saturated carbocycles. The van der Waals surface area contributed by atoms with Crippen LogP contribution in [0.2, 0.25) is 0 Å². The SMILES string of the molecule is CCNC(=NCC1(C)CCCO1)NCCc1nc(C(F)(F)F)cs1. The minimum atomic E-state index is -4.38. The third kappa shape index (κ3) is 5.62. The lowest BCUT2D eigenvalue weighted by Gasteiger charge is -2.21. The molecular weight excluding hydrogens is 341 g/mol. The normalized spacial score (nSPS) is 22.0. The van der Waals surface area contributed by atoms with Crippen LogP contribution in [0.25, 0.3) is 0 Å². The molecule has 24 heavy (non-hydrogen) atoms. The number of alkyl halides is 3. The Hall–Kier alpha value is -1.35. The van der Waals surface area contributed by atoms with E-state index in [4.69, 9.17) is 4.74 Å². The highest BCUT2D eigenvalue weighted by atomic mass is 32.1. The first kappa shape index (κ1) is 19.0. The van der Waals surface area contributed by atoms with E-state index in [1.54, 1.807) is 0 Å². The molecule has 1 aromatic rings. The second-order valence-corrected chi connectivity index (χ2v) is 6.84. The van der Waals surface area contributed by atoms with Gasteiger partial charge in [-0.2, -0.15) is 13.2 Å². The Morgan fingerprint density at radius 2 is 2.25 bits per heavy atom. The van der Waals surface area contributed by atoms with Gasteiger partial charge < -0.3 is 15.4 Å². The van der Waals surface area contributed by atoms with Crippen LogP contribution in [-0.4, -0.2) is 42.8 Å². The van der Waals surface area contributed by atoms with E-state index >= 15 is 0 Å². The number of guanidine groups is 1. The number of ether oxygens (including phenoxy) is 1. The van der Waals surface area contributed by atoms with Crippen LogP contribution in [0.5, 0.6) is 0 Å². The average molecular weight is 364 g/mol. The van der Waals surface area contributed by atoms with Gasteiger partial charge in [0, 0.05) is 31.5 Å². The zero-order valence-corrected chi connectivity index (χ0v) is 14.7. The Morgan fingerprint density at radius 3 is 2.83 bits per heavy atom. The van der Waals surface area contributed by atoms with Crippen molar-refractivity contribution in [2.75, 3.05) is 26.2 Å². The van der Waals surface area contributed by atoms with Crippen molar-refractivity contribution < 1.29 is 17.9 Å². The van der Waals surface area contributed by atoms with Crippen molar-refractivity contribution in [3.63, 3.8) is 0 Å². The summed E-state index contributed by atoms with van der Waals surface area (Å²) in [5.41, 5.74) is -1.05. The van der Waals surface area contributed by atoms with Crippen LogP contribution in [0.4, 0.5) is 13.2 Å². The molecule has 0 spiro atoms. The van der Waals surface area contributed by atoms with E-state index in [0.29, 0.717) is 37.0 Å². The molecule has 2 rings (SSSR count). The van der Waals surface area contributed by atoms with E-state index in [-0.39, 0.29) is 5.60 Å². The summed E-state index contributed by atoms with van der Waals surface area (Å²) in [6.07, 6.45) is -1.94. The molecule has 1 aliphatic heterocycles. The largest absolute Gasteiger partial charge is 0.434 e. The van der Waals surface area contributed by atoms with Crippen LogP contribution in [0.3, 0.4) is 0 Å². The van der Waals surface area contributed by atoms with Gasteiger partial charge in [-0.25, -0.2) is 4.98 Å². The monoisotopic (exact) mass is 364 g/mol. The lowest BCUT2D eigenvalue weighted by molar-refractivity contribution is -0.140. The van der Waals surface area contributed by atoms with Crippen LogP contribution in [0.15, 0.2) is 10.4 Å². The minimum Gasteiger partial charge on any atom is -0.373 e. The molecule has 1 saturated heterocycles. The molecular formula is C15H23F3N4OS. The van der Waals surface area contributed by atoms with Crippen molar-refractivity contribution in [1.82, 2.24) is 15.6 Å². The second kappa shape index (κ2) is 8.15. The summed E-state index contributed by atoms with van der Waals surface area (Å²) in [4.78, 5) is 8.13. The van der Waals surface area contributed by atoms with Gasteiger partial charge in [-0.3, -0.25) is 4.99 Å². The Kier molecular flexibility index (Phi) is 6.45. The highest BCUT2D eigenvalue weighted by Crippen LogP contribution is 2.30. The van der Waals surface area contributed by atoms with Crippen molar-refractivity contribution in [2.45, 2.75) is 44.9 Å². The topological polar surface area (TPSA) is 58.5 Å². The molecule has 0 aromatic carbocycles. The fourth-order valence-corrected chi connectivity index (χ4v) is 3.20. The summed E-state index contributed by atoms with van der Waals surface area (Å²) in [6, 6.07) is 0. The van der Waals surface area contributed by atoms with Gasteiger partial charge in [0.25, 0.3) is 0 Å². The van der Waals surface area contributed by atoms with Gasteiger partial charge in [-0.15, -0.1) is 11.3 Å². The van der Waals surface area contributed by atoms with Crippen molar-refractivity contribution >= 4 is 17.3 Å². The van der Waals surface area contributed by atoms with Gasteiger partial charge in [0.05, 0.1) is 17.2 Å². The van der Waals surface area contributed by atoms with Gasteiger partial charge in [-0.05, 0) is 26.7 Å². The highest BCUT2D eigenvalue weighted by molar-refractivity contribution is 7.09. The Balaban J connectivity index is 1.83. The van der Waals surface area contributed by atoms with Gasteiger partial charge in [0.15, 0.2) is 11.7 Å². The molecule has 5 nitrogen and oxygen atoms in total. The highest BCUT2D eigenvalue weighted by Gasteiger charge is 2.33. The quantitative estimate of drug-likeness (QED) is 0.602. The van der Waals surface area contributed by atoms with Crippen LogP contribution >= 0.6 is 11.3 Å². The number of thiazole rings is 1. The molecule has 2 heterocycles. The molecule has 0 bridgehead atoms. The van der Waals surface area contributed by atoms with Gasteiger partial charge in [0.2, 0.25) is 0 Å². The number of halogens is 3. The number of hydrogen-bond donors (Lipinski definition) is 2. The standard InChI is InChI=1S/C15H23F3N4OS/c1-3-19-13(21-10-14(2)6-4-8-23-14)20-7-5-12-22-11(9-24-12)15(16,17)18/h9H,3-8,10H2,1-2H3,(H2,19,20,21). The lowest BCUT2D eigenvalue weighted by Crippen LogP contribution is -2.40. The summed E-state index contributed by atoms with van der Waals surface area (Å²) in [5.74, 6) is 0.641. The summed E-state index contributed by atoms with van der Waals surface area (Å²) < 4.78 is 43.3. The van der Waals surface area contributed by atoms with Gasteiger partial charge in [-0.1, -0.05) is 0 Å².